The van der Waals surface area contributed by atoms with Crippen molar-refractivity contribution in [1.29, 1.82) is 0 Å². The van der Waals surface area contributed by atoms with E-state index in [0.717, 1.165) is 28.3 Å². The van der Waals surface area contributed by atoms with Crippen molar-refractivity contribution < 1.29 is 4.74 Å². The smallest absolute Gasteiger partial charge is 0.128 e. The Morgan fingerprint density at radius 2 is 2.00 bits per heavy atom. The molecule has 94 valence electrons. The molecule has 0 bridgehead atoms. The predicted molar refractivity (Wildman–Crippen MR) is 73.8 cm³/mol. The van der Waals surface area contributed by atoms with Gasteiger partial charge in [-0.1, -0.05) is 12.1 Å². The SMILES string of the molecule is COc1ccccc1-c1cc(-c2cccnc2)n[nH]1. The minimum atomic E-state index is 0.823. The molecule has 0 saturated heterocycles. The number of aromatic nitrogens is 3. The number of nitrogens with one attached hydrogen (secondary N) is 1. The second-order valence-corrected chi connectivity index (χ2v) is 4.11. The molecule has 0 amide bonds. The standard InChI is InChI=1S/C15H13N3O/c1-19-15-7-3-2-6-12(15)14-9-13(17-18-14)11-5-4-8-16-10-11/h2-10H,1H3,(H,17,18). The van der Waals surface area contributed by atoms with Crippen LogP contribution < -0.4 is 4.74 Å². The molecule has 0 saturated carbocycles. The minimum absolute atomic E-state index is 0.823. The Balaban J connectivity index is 2.02. The number of aromatic amines is 1. The molecule has 2 aromatic heterocycles. The van der Waals surface area contributed by atoms with E-state index in [1.54, 1.807) is 19.5 Å². The van der Waals surface area contributed by atoms with Crippen molar-refractivity contribution in [3.05, 3.63) is 54.9 Å². The maximum absolute atomic E-state index is 5.35. The molecule has 3 aromatic rings. The van der Waals surface area contributed by atoms with Crippen LogP contribution >= 0.6 is 0 Å². The van der Waals surface area contributed by atoms with Gasteiger partial charge in [-0.3, -0.25) is 10.1 Å². The van der Waals surface area contributed by atoms with Crippen LogP contribution in [0.2, 0.25) is 0 Å². The lowest BCUT2D eigenvalue weighted by atomic mass is 10.1. The lowest BCUT2D eigenvalue weighted by molar-refractivity contribution is 0.416. The molecule has 4 nitrogen and oxygen atoms in total. The maximum atomic E-state index is 5.35. The van der Waals surface area contributed by atoms with E-state index in [2.05, 4.69) is 15.2 Å². The number of nitrogens with zero attached hydrogens (tertiary/aromatic N) is 2. The molecule has 19 heavy (non-hydrogen) atoms. The van der Waals surface area contributed by atoms with Crippen molar-refractivity contribution in [2.75, 3.05) is 7.11 Å². The van der Waals surface area contributed by atoms with Crippen molar-refractivity contribution >= 4 is 0 Å². The summed E-state index contributed by atoms with van der Waals surface area (Å²) in [6.45, 7) is 0. The number of benzene rings is 1. The monoisotopic (exact) mass is 251 g/mol. The van der Waals surface area contributed by atoms with E-state index < -0.39 is 0 Å². The quantitative estimate of drug-likeness (QED) is 0.778. The van der Waals surface area contributed by atoms with Gasteiger partial charge >= 0.3 is 0 Å². The molecule has 0 radical (unpaired) electrons. The van der Waals surface area contributed by atoms with E-state index in [1.165, 1.54) is 0 Å². The number of H-pyrrole nitrogens is 1. The van der Waals surface area contributed by atoms with Crippen LogP contribution in [0.15, 0.2) is 54.9 Å². The Kier molecular flexibility index (Phi) is 2.98. The van der Waals surface area contributed by atoms with E-state index in [9.17, 15) is 0 Å². The molecule has 0 aliphatic heterocycles. The highest BCUT2D eigenvalue weighted by Gasteiger charge is 2.09. The van der Waals surface area contributed by atoms with Gasteiger partial charge in [-0.05, 0) is 30.3 Å². The Morgan fingerprint density at radius 1 is 1.11 bits per heavy atom. The summed E-state index contributed by atoms with van der Waals surface area (Å²) in [5, 5.41) is 7.36. The number of rotatable bonds is 3. The first-order valence-electron chi connectivity index (χ1n) is 5.97. The largest absolute Gasteiger partial charge is 0.496 e. The maximum Gasteiger partial charge on any atom is 0.128 e. The van der Waals surface area contributed by atoms with E-state index in [0.29, 0.717) is 0 Å². The van der Waals surface area contributed by atoms with Crippen LogP contribution in [0, 0.1) is 0 Å². The van der Waals surface area contributed by atoms with Crippen molar-refractivity contribution in [2.45, 2.75) is 0 Å². The number of hydrogen-bond acceptors (Lipinski definition) is 3. The molecule has 2 heterocycles. The molecule has 1 aromatic carbocycles. The Hall–Kier alpha value is -2.62. The third kappa shape index (κ3) is 2.20. The van der Waals surface area contributed by atoms with Crippen LogP contribution in [0.3, 0.4) is 0 Å². The van der Waals surface area contributed by atoms with Crippen molar-refractivity contribution in [3.8, 4) is 28.3 Å². The fourth-order valence-electron chi connectivity index (χ4n) is 1.99. The molecule has 1 N–H and O–H groups in total. The number of pyridine rings is 1. The van der Waals surface area contributed by atoms with Crippen LogP contribution in [-0.4, -0.2) is 22.3 Å². The van der Waals surface area contributed by atoms with Crippen molar-refractivity contribution in [2.24, 2.45) is 0 Å². The molecule has 0 fully saturated rings. The Morgan fingerprint density at radius 3 is 2.79 bits per heavy atom. The number of methoxy groups -OCH3 is 1. The summed E-state index contributed by atoms with van der Waals surface area (Å²) in [5.41, 5.74) is 3.78. The Labute approximate surface area is 111 Å². The summed E-state index contributed by atoms with van der Waals surface area (Å²) >= 11 is 0. The molecule has 0 atom stereocenters. The summed E-state index contributed by atoms with van der Waals surface area (Å²) in [5.74, 6) is 0.823. The van der Waals surface area contributed by atoms with Crippen LogP contribution in [0.25, 0.3) is 22.5 Å². The minimum Gasteiger partial charge on any atom is -0.496 e. The van der Waals surface area contributed by atoms with Crippen molar-refractivity contribution in [1.82, 2.24) is 15.2 Å². The van der Waals surface area contributed by atoms with Gasteiger partial charge in [0.25, 0.3) is 0 Å². The predicted octanol–water partition coefficient (Wildman–Crippen LogP) is 3.15. The molecule has 0 spiro atoms. The fraction of sp³-hybridized carbons (Fsp3) is 0.0667. The van der Waals surface area contributed by atoms with E-state index in [1.807, 2.05) is 42.5 Å². The van der Waals surface area contributed by atoms with E-state index >= 15 is 0 Å². The highest BCUT2D eigenvalue weighted by Crippen LogP contribution is 2.30. The second kappa shape index (κ2) is 4.94. The lowest BCUT2D eigenvalue weighted by Gasteiger charge is -2.04. The van der Waals surface area contributed by atoms with Crippen molar-refractivity contribution in [3.63, 3.8) is 0 Å². The van der Waals surface area contributed by atoms with Gasteiger partial charge in [0.1, 0.15) is 5.75 Å². The molecule has 0 unspecified atom stereocenters. The third-order valence-corrected chi connectivity index (χ3v) is 2.93. The van der Waals surface area contributed by atoms with Gasteiger partial charge in [0.2, 0.25) is 0 Å². The zero-order valence-corrected chi connectivity index (χ0v) is 10.5. The van der Waals surface area contributed by atoms with Gasteiger partial charge in [0.05, 0.1) is 18.5 Å². The topological polar surface area (TPSA) is 50.8 Å². The summed E-state index contributed by atoms with van der Waals surface area (Å²) in [6, 6.07) is 13.7. The highest BCUT2D eigenvalue weighted by atomic mass is 16.5. The molecule has 4 heteroatoms. The summed E-state index contributed by atoms with van der Waals surface area (Å²) in [7, 11) is 1.66. The van der Waals surface area contributed by atoms with Gasteiger partial charge in [0, 0.05) is 23.5 Å². The molecule has 0 aliphatic rings. The molecule has 0 aliphatic carbocycles. The molecular formula is C15H13N3O. The molecule has 3 rings (SSSR count). The first kappa shape index (κ1) is 11.5. The van der Waals surface area contributed by atoms with Gasteiger partial charge in [-0.25, -0.2) is 0 Å². The van der Waals surface area contributed by atoms with Crippen LogP contribution in [0.4, 0.5) is 0 Å². The van der Waals surface area contributed by atoms with Crippen LogP contribution in [0.5, 0.6) is 5.75 Å². The van der Waals surface area contributed by atoms with Gasteiger partial charge in [-0.15, -0.1) is 0 Å². The first-order valence-corrected chi connectivity index (χ1v) is 5.97. The highest BCUT2D eigenvalue weighted by molar-refractivity contribution is 5.71. The zero-order valence-electron chi connectivity index (χ0n) is 10.5. The molecular weight excluding hydrogens is 238 g/mol. The number of para-hydroxylation sites is 1. The first-order chi connectivity index (χ1) is 9.38. The fourth-order valence-corrected chi connectivity index (χ4v) is 1.99. The van der Waals surface area contributed by atoms with Crippen LogP contribution in [-0.2, 0) is 0 Å². The van der Waals surface area contributed by atoms with Gasteiger partial charge in [0.15, 0.2) is 0 Å². The average Bonchev–Trinajstić information content (AvgIpc) is 2.98. The third-order valence-electron chi connectivity index (χ3n) is 2.93. The number of hydrogen-bond donors (Lipinski definition) is 1. The Bertz CT molecular complexity index is 677. The summed E-state index contributed by atoms with van der Waals surface area (Å²) < 4.78 is 5.35. The summed E-state index contributed by atoms with van der Waals surface area (Å²) in [6.07, 6.45) is 3.54. The number of ether oxygens (including phenoxy) is 1. The van der Waals surface area contributed by atoms with E-state index in [-0.39, 0.29) is 0 Å². The van der Waals surface area contributed by atoms with Crippen LogP contribution in [0.1, 0.15) is 0 Å². The average molecular weight is 251 g/mol. The zero-order chi connectivity index (χ0) is 13.1. The summed E-state index contributed by atoms with van der Waals surface area (Å²) in [4.78, 5) is 4.10. The van der Waals surface area contributed by atoms with Gasteiger partial charge in [-0.2, -0.15) is 5.10 Å². The van der Waals surface area contributed by atoms with E-state index in [4.69, 9.17) is 4.74 Å². The normalized spacial score (nSPS) is 10.4. The van der Waals surface area contributed by atoms with Gasteiger partial charge < -0.3 is 4.74 Å². The lowest BCUT2D eigenvalue weighted by Crippen LogP contribution is -1.87. The second-order valence-electron chi connectivity index (χ2n) is 4.11.